The molecule has 0 spiro atoms. The molecular weight excluding hydrogens is 540 g/mol. The molecule has 4 aromatic rings. The van der Waals surface area contributed by atoms with E-state index in [0.29, 0.717) is 12.8 Å². The van der Waals surface area contributed by atoms with Crippen LogP contribution in [0.3, 0.4) is 0 Å². The zero-order chi connectivity index (χ0) is 27.6. The van der Waals surface area contributed by atoms with E-state index in [1.165, 1.54) is 10.3 Å². The number of fused-ring (bicyclic) bond motifs is 1. The summed E-state index contributed by atoms with van der Waals surface area (Å²) in [4.78, 5) is 28.6. The highest BCUT2D eigenvalue weighted by Gasteiger charge is 2.31. The molecule has 2 atom stereocenters. The van der Waals surface area contributed by atoms with E-state index in [-0.39, 0.29) is 40.7 Å². The molecule has 1 saturated heterocycles. The lowest BCUT2D eigenvalue weighted by molar-refractivity contribution is -0.128. The van der Waals surface area contributed by atoms with Crippen molar-refractivity contribution in [2.45, 2.75) is 35.7 Å². The summed E-state index contributed by atoms with van der Waals surface area (Å²) < 4.78 is 31.0. The largest absolute Gasteiger partial charge is 0.476 e. The number of thiazole rings is 1. The number of nitrogens with zero attached hydrogens (tertiary/aromatic N) is 2. The van der Waals surface area contributed by atoms with Crippen molar-refractivity contribution in [3.63, 3.8) is 0 Å². The van der Waals surface area contributed by atoms with Crippen LogP contribution in [0.15, 0.2) is 80.9 Å². The third kappa shape index (κ3) is 6.11. The second-order valence-electron chi connectivity index (χ2n) is 9.32. The maximum Gasteiger partial charge on any atom is 0.355 e. The van der Waals surface area contributed by atoms with Crippen LogP contribution in [0.2, 0.25) is 0 Å². The number of hydrogen-bond acceptors (Lipinski definition) is 8. The fraction of sp³-hybridized carbons (Fsp3) is 0.250. The van der Waals surface area contributed by atoms with Crippen LogP contribution >= 0.6 is 11.3 Å². The van der Waals surface area contributed by atoms with Crippen LogP contribution < -0.4 is 0 Å². The fourth-order valence-electron chi connectivity index (χ4n) is 4.59. The van der Waals surface area contributed by atoms with Crippen LogP contribution in [0, 0.1) is 0 Å². The van der Waals surface area contributed by atoms with Gasteiger partial charge in [0.25, 0.3) is 0 Å². The average Bonchev–Trinajstić information content (AvgIpc) is 3.65. The highest BCUT2D eigenvalue weighted by atomic mass is 32.2. The first-order valence-electron chi connectivity index (χ1n) is 12.3. The van der Waals surface area contributed by atoms with Gasteiger partial charge in [-0.05, 0) is 30.2 Å². The number of aliphatic hydroxyl groups is 1. The van der Waals surface area contributed by atoms with Gasteiger partial charge in [0, 0.05) is 35.7 Å². The molecule has 0 unspecified atom stereocenters. The maximum absolute atomic E-state index is 12.6. The molecule has 1 aliphatic rings. The van der Waals surface area contributed by atoms with Gasteiger partial charge >= 0.3 is 5.97 Å². The lowest BCUT2D eigenvalue weighted by atomic mass is 10.0. The highest BCUT2D eigenvalue weighted by molar-refractivity contribution is 7.93. The molecule has 39 heavy (non-hydrogen) atoms. The van der Waals surface area contributed by atoms with Crippen molar-refractivity contribution < 1.29 is 32.6 Å². The standard InChI is InChI=1S/C28H26N2O7S2/c31-22(15-18-4-3-6-19(14-18)25-16-20-5-1-2-7-24(20)37-25)10-8-21-9-11-26(32)30(21)12-13-39(35,36)28-29-23(17-38-28)27(33)34/h1-8,10,14,16-17,21-22,31H,9,11-13,15H2,(H,33,34)/t21-,22+/m0/s1. The monoisotopic (exact) mass is 566 g/mol. The number of benzene rings is 2. The number of carbonyl (C=O) groups is 2. The number of furan rings is 1. The topological polar surface area (TPSA) is 138 Å². The van der Waals surface area contributed by atoms with E-state index in [4.69, 9.17) is 9.52 Å². The quantitative estimate of drug-likeness (QED) is 0.273. The fourth-order valence-corrected chi connectivity index (χ4v) is 6.94. The van der Waals surface area contributed by atoms with Crippen molar-refractivity contribution in [2.24, 2.45) is 0 Å². The lowest BCUT2D eigenvalue weighted by Gasteiger charge is -2.22. The summed E-state index contributed by atoms with van der Waals surface area (Å²) >= 11 is 0.748. The number of likely N-dealkylation sites (tertiary alicyclic amines) is 1. The lowest BCUT2D eigenvalue weighted by Crippen LogP contribution is -2.36. The minimum atomic E-state index is -3.85. The van der Waals surface area contributed by atoms with Gasteiger partial charge in [-0.15, -0.1) is 11.3 Å². The van der Waals surface area contributed by atoms with Crippen molar-refractivity contribution in [3.8, 4) is 11.3 Å². The summed E-state index contributed by atoms with van der Waals surface area (Å²) in [5.41, 5.74) is 2.30. The smallest absolute Gasteiger partial charge is 0.355 e. The SMILES string of the molecule is O=C(O)c1csc(S(=O)(=O)CCN2C(=O)CC[C@@H]2C=C[C@@H](O)Cc2cccc(-c3cc4ccccc4o3)c2)n1. The first kappa shape index (κ1) is 26.8. The summed E-state index contributed by atoms with van der Waals surface area (Å²) in [7, 11) is -3.85. The van der Waals surface area contributed by atoms with Crippen LogP contribution in [0.1, 0.15) is 28.9 Å². The van der Waals surface area contributed by atoms with Gasteiger partial charge in [0.05, 0.1) is 17.9 Å². The van der Waals surface area contributed by atoms with Gasteiger partial charge < -0.3 is 19.5 Å². The van der Waals surface area contributed by atoms with Crippen LogP contribution in [-0.2, 0) is 21.1 Å². The summed E-state index contributed by atoms with van der Waals surface area (Å²) in [5.74, 6) is -1.09. The summed E-state index contributed by atoms with van der Waals surface area (Å²) in [5, 5.41) is 21.9. The minimum absolute atomic E-state index is 0.0478. The molecule has 11 heteroatoms. The Hall–Kier alpha value is -3.80. The second kappa shape index (κ2) is 11.1. The number of rotatable bonds is 10. The maximum atomic E-state index is 12.6. The Morgan fingerprint density at radius 2 is 2.03 bits per heavy atom. The Bertz CT molecular complexity index is 1620. The zero-order valence-electron chi connectivity index (χ0n) is 20.8. The average molecular weight is 567 g/mol. The van der Waals surface area contributed by atoms with Gasteiger partial charge in [-0.3, -0.25) is 4.79 Å². The number of hydrogen-bond donors (Lipinski definition) is 2. The molecule has 3 heterocycles. The van der Waals surface area contributed by atoms with Crippen molar-refractivity contribution in [3.05, 3.63) is 83.4 Å². The Labute approximate surface area is 228 Å². The van der Waals surface area contributed by atoms with Gasteiger partial charge in [-0.25, -0.2) is 18.2 Å². The van der Waals surface area contributed by atoms with E-state index in [2.05, 4.69) is 4.98 Å². The Morgan fingerprint density at radius 3 is 2.79 bits per heavy atom. The Morgan fingerprint density at radius 1 is 1.21 bits per heavy atom. The van der Waals surface area contributed by atoms with Gasteiger partial charge in [0.2, 0.25) is 20.1 Å². The molecule has 0 saturated carbocycles. The molecule has 2 aromatic carbocycles. The van der Waals surface area contributed by atoms with Gasteiger partial charge in [-0.2, -0.15) is 0 Å². The van der Waals surface area contributed by atoms with Gasteiger partial charge in [-0.1, -0.05) is 48.6 Å². The molecular formula is C28H26N2O7S2. The zero-order valence-corrected chi connectivity index (χ0v) is 22.4. The predicted molar refractivity (Wildman–Crippen MR) is 146 cm³/mol. The van der Waals surface area contributed by atoms with Crippen LogP contribution in [-0.4, -0.2) is 64.8 Å². The van der Waals surface area contributed by atoms with Crippen molar-refractivity contribution in [1.29, 1.82) is 0 Å². The molecule has 1 amide bonds. The number of carboxylic acid groups (broad SMARTS) is 1. The first-order chi connectivity index (χ1) is 18.7. The predicted octanol–water partition coefficient (Wildman–Crippen LogP) is 4.18. The molecule has 9 nitrogen and oxygen atoms in total. The molecule has 2 aromatic heterocycles. The number of carboxylic acids is 1. The summed E-state index contributed by atoms with van der Waals surface area (Å²) in [6, 6.07) is 17.2. The molecule has 1 aliphatic heterocycles. The Kier molecular flexibility index (Phi) is 7.65. The molecule has 202 valence electrons. The van der Waals surface area contributed by atoms with Crippen molar-refractivity contribution in [1.82, 2.24) is 9.88 Å². The van der Waals surface area contributed by atoms with E-state index in [0.717, 1.165) is 39.2 Å². The number of para-hydroxylation sites is 1. The molecule has 1 fully saturated rings. The van der Waals surface area contributed by atoms with Crippen LogP contribution in [0.4, 0.5) is 0 Å². The number of sulfone groups is 1. The first-order valence-corrected chi connectivity index (χ1v) is 14.9. The van der Waals surface area contributed by atoms with E-state index in [1.807, 2.05) is 54.6 Å². The molecule has 2 N–H and O–H groups in total. The molecule has 5 rings (SSSR count). The van der Waals surface area contributed by atoms with Gasteiger partial charge in [0.1, 0.15) is 11.3 Å². The molecule has 0 radical (unpaired) electrons. The van der Waals surface area contributed by atoms with Crippen LogP contribution in [0.5, 0.6) is 0 Å². The normalized spacial score (nSPS) is 16.9. The summed E-state index contributed by atoms with van der Waals surface area (Å²) in [6.07, 6.45) is 3.74. The van der Waals surface area contributed by atoms with E-state index >= 15 is 0 Å². The number of carbonyl (C=O) groups excluding carboxylic acids is 1. The number of aromatic nitrogens is 1. The van der Waals surface area contributed by atoms with E-state index in [9.17, 15) is 23.1 Å². The third-order valence-electron chi connectivity index (χ3n) is 6.58. The third-order valence-corrected chi connectivity index (χ3v) is 9.61. The highest BCUT2D eigenvalue weighted by Crippen LogP contribution is 2.28. The minimum Gasteiger partial charge on any atom is -0.476 e. The van der Waals surface area contributed by atoms with E-state index in [1.54, 1.807) is 12.2 Å². The molecule has 0 aliphatic carbocycles. The van der Waals surface area contributed by atoms with Gasteiger partial charge in [0.15, 0.2) is 5.69 Å². The summed E-state index contributed by atoms with van der Waals surface area (Å²) in [6.45, 7) is -0.0478. The van der Waals surface area contributed by atoms with Crippen molar-refractivity contribution >= 4 is 44.0 Å². The van der Waals surface area contributed by atoms with Crippen LogP contribution in [0.25, 0.3) is 22.3 Å². The molecule has 0 bridgehead atoms. The number of amides is 1. The van der Waals surface area contributed by atoms with Crippen molar-refractivity contribution in [2.75, 3.05) is 12.3 Å². The Balaban J connectivity index is 1.21. The second-order valence-corrected chi connectivity index (χ2v) is 12.5. The van der Waals surface area contributed by atoms with E-state index < -0.39 is 21.9 Å². The number of aromatic carboxylic acids is 1. The number of aliphatic hydroxyl groups excluding tert-OH is 1.